The van der Waals surface area contributed by atoms with E-state index < -0.39 is 0 Å². The summed E-state index contributed by atoms with van der Waals surface area (Å²) in [5.74, 6) is -0.399. The molecular formula is C21H21N3O3S. The second-order valence-electron chi connectivity index (χ2n) is 6.97. The molecule has 2 aromatic heterocycles. The molecule has 0 N–H and O–H groups in total. The van der Waals surface area contributed by atoms with E-state index in [4.69, 9.17) is 4.74 Å². The highest BCUT2D eigenvalue weighted by Gasteiger charge is 2.15. The Morgan fingerprint density at radius 2 is 2.07 bits per heavy atom. The Morgan fingerprint density at radius 1 is 1.21 bits per heavy atom. The number of hydrogen-bond donors (Lipinski definition) is 0. The van der Waals surface area contributed by atoms with Gasteiger partial charge in [0.2, 0.25) is 0 Å². The number of aromatic nitrogens is 3. The standard InChI is InChI=1S/C21H21N3O3S/c1-24-11-17(10-22-24)21-23-18(13-28-21)12-27-20(26)8-7-19(25)16-6-5-14-3-2-4-15(14)9-16/h5-6,9-11,13H,2-4,7-8,12H2,1H3. The predicted molar refractivity (Wildman–Crippen MR) is 106 cm³/mol. The summed E-state index contributed by atoms with van der Waals surface area (Å²) < 4.78 is 6.99. The Hall–Kier alpha value is -2.80. The van der Waals surface area contributed by atoms with Gasteiger partial charge in [-0.3, -0.25) is 14.3 Å². The van der Waals surface area contributed by atoms with Crippen molar-refractivity contribution in [1.82, 2.24) is 14.8 Å². The summed E-state index contributed by atoms with van der Waals surface area (Å²) in [6.45, 7) is 0.114. The number of thiazole rings is 1. The Kier molecular flexibility index (Phi) is 5.34. The van der Waals surface area contributed by atoms with Crippen LogP contribution in [0.4, 0.5) is 0 Å². The zero-order valence-electron chi connectivity index (χ0n) is 15.7. The number of fused-ring (bicyclic) bond motifs is 1. The van der Waals surface area contributed by atoms with Crippen molar-refractivity contribution in [3.8, 4) is 10.6 Å². The first-order valence-corrected chi connectivity index (χ1v) is 10.2. The average molecular weight is 395 g/mol. The summed E-state index contributed by atoms with van der Waals surface area (Å²) in [6.07, 6.45) is 7.16. The van der Waals surface area contributed by atoms with E-state index in [2.05, 4.69) is 10.1 Å². The number of rotatable bonds is 7. The van der Waals surface area contributed by atoms with E-state index in [1.165, 1.54) is 22.5 Å². The lowest BCUT2D eigenvalue weighted by molar-refractivity contribution is -0.145. The van der Waals surface area contributed by atoms with Crippen molar-refractivity contribution in [1.29, 1.82) is 0 Å². The van der Waals surface area contributed by atoms with E-state index in [0.29, 0.717) is 11.3 Å². The maximum atomic E-state index is 12.4. The van der Waals surface area contributed by atoms with Crippen LogP contribution in [-0.2, 0) is 36.0 Å². The summed E-state index contributed by atoms with van der Waals surface area (Å²) in [7, 11) is 1.85. The van der Waals surface area contributed by atoms with Gasteiger partial charge >= 0.3 is 5.97 Å². The van der Waals surface area contributed by atoms with E-state index in [9.17, 15) is 9.59 Å². The van der Waals surface area contributed by atoms with E-state index in [1.54, 1.807) is 10.9 Å². The first kappa shape index (κ1) is 18.6. The second kappa shape index (κ2) is 8.06. The lowest BCUT2D eigenvalue weighted by atomic mass is 10.0. The molecule has 7 heteroatoms. The molecule has 0 bridgehead atoms. The van der Waals surface area contributed by atoms with E-state index >= 15 is 0 Å². The van der Waals surface area contributed by atoms with Gasteiger partial charge in [-0.15, -0.1) is 11.3 Å². The maximum Gasteiger partial charge on any atom is 0.306 e. The topological polar surface area (TPSA) is 74.1 Å². The Balaban J connectivity index is 1.26. The fourth-order valence-electron chi connectivity index (χ4n) is 3.37. The van der Waals surface area contributed by atoms with Gasteiger partial charge < -0.3 is 4.74 Å². The van der Waals surface area contributed by atoms with Gasteiger partial charge in [0.25, 0.3) is 0 Å². The van der Waals surface area contributed by atoms with Crippen molar-refractivity contribution >= 4 is 23.1 Å². The van der Waals surface area contributed by atoms with Crippen LogP contribution in [0.3, 0.4) is 0 Å². The molecule has 1 aliphatic carbocycles. The second-order valence-corrected chi connectivity index (χ2v) is 7.83. The van der Waals surface area contributed by atoms with Crippen molar-refractivity contribution < 1.29 is 14.3 Å². The van der Waals surface area contributed by atoms with Gasteiger partial charge in [0, 0.05) is 36.2 Å². The fraction of sp³-hybridized carbons (Fsp3) is 0.333. The number of hydrogen-bond acceptors (Lipinski definition) is 6. The third-order valence-corrected chi connectivity index (χ3v) is 5.80. The Morgan fingerprint density at radius 3 is 2.89 bits per heavy atom. The molecule has 1 aliphatic rings. The lowest BCUT2D eigenvalue weighted by Gasteiger charge is -2.05. The number of carbonyl (C=O) groups excluding carboxylic acids is 2. The van der Waals surface area contributed by atoms with Crippen LogP contribution in [0.5, 0.6) is 0 Å². The van der Waals surface area contributed by atoms with Gasteiger partial charge in [0.05, 0.1) is 18.3 Å². The van der Waals surface area contributed by atoms with Crippen LogP contribution in [-0.4, -0.2) is 26.5 Å². The molecule has 4 rings (SSSR count). The molecule has 0 aliphatic heterocycles. The molecule has 0 saturated carbocycles. The number of Topliss-reactive ketones (excluding diaryl/α,β-unsaturated/α-hetero) is 1. The molecule has 1 aromatic carbocycles. The third-order valence-electron chi connectivity index (χ3n) is 4.86. The van der Waals surface area contributed by atoms with Gasteiger partial charge in [-0.2, -0.15) is 5.10 Å². The molecule has 0 atom stereocenters. The quantitative estimate of drug-likeness (QED) is 0.450. The molecule has 144 valence electrons. The smallest absolute Gasteiger partial charge is 0.306 e. The number of ketones is 1. The lowest BCUT2D eigenvalue weighted by Crippen LogP contribution is -2.08. The summed E-state index contributed by atoms with van der Waals surface area (Å²) in [5.41, 5.74) is 4.92. The van der Waals surface area contributed by atoms with Gasteiger partial charge in [0.15, 0.2) is 5.78 Å². The first-order chi connectivity index (χ1) is 13.6. The Bertz CT molecular complexity index is 1020. The molecule has 6 nitrogen and oxygen atoms in total. The number of esters is 1. The molecule has 0 saturated heterocycles. The number of benzene rings is 1. The highest BCUT2D eigenvalue weighted by molar-refractivity contribution is 7.13. The number of carbonyl (C=O) groups is 2. The van der Waals surface area contributed by atoms with Crippen molar-refractivity contribution in [2.45, 2.75) is 38.7 Å². The van der Waals surface area contributed by atoms with E-state index in [0.717, 1.165) is 29.8 Å². The predicted octanol–water partition coefficient (Wildman–Crippen LogP) is 3.74. The molecule has 0 radical (unpaired) electrons. The molecule has 3 aromatic rings. The van der Waals surface area contributed by atoms with Crippen LogP contribution >= 0.6 is 11.3 Å². The summed E-state index contributed by atoms with van der Waals surface area (Å²) in [4.78, 5) is 28.8. The number of nitrogens with zero attached hydrogens (tertiary/aromatic N) is 3. The average Bonchev–Trinajstić information content (AvgIpc) is 3.43. The van der Waals surface area contributed by atoms with Crippen LogP contribution < -0.4 is 0 Å². The van der Waals surface area contributed by atoms with E-state index in [-0.39, 0.29) is 31.2 Å². The summed E-state index contributed by atoms with van der Waals surface area (Å²) in [6, 6.07) is 5.88. The molecule has 2 heterocycles. The summed E-state index contributed by atoms with van der Waals surface area (Å²) in [5, 5.41) is 6.83. The van der Waals surface area contributed by atoms with Crippen molar-refractivity contribution in [2.24, 2.45) is 7.05 Å². The van der Waals surface area contributed by atoms with Crippen molar-refractivity contribution in [3.63, 3.8) is 0 Å². The normalized spacial score (nSPS) is 12.8. The third kappa shape index (κ3) is 4.20. The van der Waals surface area contributed by atoms with Gasteiger partial charge in [-0.25, -0.2) is 4.98 Å². The minimum Gasteiger partial charge on any atom is -0.459 e. The molecule has 0 unspecified atom stereocenters. The van der Waals surface area contributed by atoms with E-state index in [1.807, 2.05) is 36.8 Å². The summed E-state index contributed by atoms with van der Waals surface area (Å²) >= 11 is 1.48. The minimum atomic E-state index is -0.384. The SMILES string of the molecule is Cn1cc(-c2nc(COC(=O)CCC(=O)c3ccc4c(c3)CCC4)cs2)cn1. The first-order valence-electron chi connectivity index (χ1n) is 9.32. The number of aryl methyl sites for hydroxylation is 3. The largest absolute Gasteiger partial charge is 0.459 e. The van der Waals surface area contributed by atoms with Crippen LogP contribution in [0.15, 0.2) is 36.0 Å². The van der Waals surface area contributed by atoms with Gasteiger partial charge in [0.1, 0.15) is 11.6 Å². The fourth-order valence-corrected chi connectivity index (χ4v) is 4.15. The molecule has 28 heavy (non-hydrogen) atoms. The van der Waals surface area contributed by atoms with Crippen molar-refractivity contribution in [3.05, 3.63) is 58.4 Å². The monoisotopic (exact) mass is 395 g/mol. The highest BCUT2D eigenvalue weighted by atomic mass is 32.1. The van der Waals surface area contributed by atoms with Crippen molar-refractivity contribution in [2.75, 3.05) is 0 Å². The van der Waals surface area contributed by atoms with Crippen LogP contribution in [0.1, 0.15) is 46.4 Å². The molecule has 0 fully saturated rings. The molecule has 0 amide bonds. The Labute approximate surface area is 167 Å². The molecular weight excluding hydrogens is 374 g/mol. The van der Waals surface area contributed by atoms with Gasteiger partial charge in [-0.05, 0) is 36.5 Å². The van der Waals surface area contributed by atoms with Crippen LogP contribution in [0.25, 0.3) is 10.6 Å². The minimum absolute atomic E-state index is 0.0147. The zero-order chi connectivity index (χ0) is 19.5. The maximum absolute atomic E-state index is 12.4. The number of ether oxygens (including phenoxy) is 1. The highest BCUT2D eigenvalue weighted by Crippen LogP contribution is 2.24. The zero-order valence-corrected chi connectivity index (χ0v) is 16.5. The van der Waals surface area contributed by atoms with Crippen LogP contribution in [0, 0.1) is 0 Å². The molecule has 0 spiro atoms. The van der Waals surface area contributed by atoms with Gasteiger partial charge in [-0.1, -0.05) is 12.1 Å². The van der Waals surface area contributed by atoms with Crippen LogP contribution in [0.2, 0.25) is 0 Å².